The van der Waals surface area contributed by atoms with Crippen molar-refractivity contribution in [3.05, 3.63) is 0 Å². The number of nitrogens with zero attached hydrogens (tertiary/aromatic N) is 2. The number of rotatable bonds is 3. The molecule has 1 heterocycles. The molecule has 0 radical (unpaired) electrons. The van der Waals surface area contributed by atoms with E-state index in [-0.39, 0.29) is 18.6 Å². The third-order valence-corrected chi connectivity index (χ3v) is 3.00. The molecule has 1 aliphatic heterocycles. The van der Waals surface area contributed by atoms with Gasteiger partial charge in [-0.25, -0.2) is 4.79 Å². The van der Waals surface area contributed by atoms with Crippen LogP contribution in [0.2, 0.25) is 0 Å². The Kier molecular flexibility index (Phi) is 5.91. The number of carbonyl (C=O) groups excluding carboxylic acids is 2. The van der Waals surface area contributed by atoms with E-state index in [1.807, 2.05) is 6.92 Å². The first-order chi connectivity index (χ1) is 8.54. The van der Waals surface area contributed by atoms with E-state index >= 15 is 0 Å². The fourth-order valence-corrected chi connectivity index (χ4v) is 2.14. The molecule has 1 atom stereocenters. The van der Waals surface area contributed by atoms with Gasteiger partial charge in [-0.05, 0) is 33.9 Å². The van der Waals surface area contributed by atoms with Crippen molar-refractivity contribution in [2.45, 2.75) is 26.3 Å². The van der Waals surface area contributed by atoms with E-state index in [0.29, 0.717) is 6.61 Å². The molecule has 2 amide bonds. The highest BCUT2D eigenvalue weighted by Gasteiger charge is 2.24. The zero-order valence-electron chi connectivity index (χ0n) is 11.4. The molecule has 1 fully saturated rings. The lowest BCUT2D eigenvalue weighted by Gasteiger charge is -2.27. The zero-order valence-corrected chi connectivity index (χ0v) is 11.4. The van der Waals surface area contributed by atoms with Gasteiger partial charge in [0.2, 0.25) is 0 Å². The van der Waals surface area contributed by atoms with Gasteiger partial charge < -0.3 is 19.9 Å². The van der Waals surface area contributed by atoms with Crippen LogP contribution in [0.15, 0.2) is 0 Å². The average Bonchev–Trinajstić information content (AvgIpc) is 2.47. The molecule has 1 aliphatic rings. The number of amides is 2. The summed E-state index contributed by atoms with van der Waals surface area (Å²) in [7, 11) is 2.05. The molecule has 0 spiro atoms. The topological polar surface area (TPSA) is 61.9 Å². The van der Waals surface area contributed by atoms with Crippen LogP contribution in [0.1, 0.15) is 20.3 Å². The van der Waals surface area contributed by atoms with Crippen molar-refractivity contribution in [2.75, 3.05) is 39.8 Å². The normalized spacial score (nSPS) is 21.3. The van der Waals surface area contributed by atoms with Gasteiger partial charge in [0.1, 0.15) is 6.54 Å². The van der Waals surface area contributed by atoms with E-state index in [4.69, 9.17) is 4.74 Å². The lowest BCUT2D eigenvalue weighted by Crippen LogP contribution is -2.48. The van der Waals surface area contributed by atoms with Crippen molar-refractivity contribution >= 4 is 12.0 Å². The number of esters is 1. The maximum Gasteiger partial charge on any atom is 0.325 e. The minimum atomic E-state index is -0.398. The number of hydrogen-bond donors (Lipinski definition) is 1. The Bertz CT molecular complexity index is 296. The van der Waals surface area contributed by atoms with Gasteiger partial charge in [-0.2, -0.15) is 0 Å². The minimum Gasteiger partial charge on any atom is -0.465 e. The minimum absolute atomic E-state index is 0.0638. The Balaban J connectivity index is 2.42. The number of urea groups is 1. The highest BCUT2D eigenvalue weighted by molar-refractivity contribution is 5.81. The second-order valence-electron chi connectivity index (χ2n) is 4.62. The summed E-state index contributed by atoms with van der Waals surface area (Å²) in [6, 6.07) is -0.0365. The molecule has 0 aromatic rings. The van der Waals surface area contributed by atoms with E-state index in [2.05, 4.69) is 17.3 Å². The number of nitrogens with one attached hydrogen (secondary N) is 1. The van der Waals surface area contributed by atoms with Gasteiger partial charge in [-0.3, -0.25) is 4.79 Å². The molecular formula is C12H23N3O3. The molecular weight excluding hydrogens is 234 g/mol. The first-order valence-electron chi connectivity index (χ1n) is 6.43. The first kappa shape index (κ1) is 14.8. The standard InChI is InChI=1S/C12H23N3O3/c1-4-18-11(16)8-13-12(17)15-7-5-6-14(3)9-10(15)2/h10H,4-9H2,1-3H3,(H,13,17). The quantitative estimate of drug-likeness (QED) is 0.738. The lowest BCUT2D eigenvalue weighted by molar-refractivity contribution is -0.141. The summed E-state index contributed by atoms with van der Waals surface area (Å²) in [5.74, 6) is -0.398. The van der Waals surface area contributed by atoms with E-state index < -0.39 is 5.97 Å². The predicted molar refractivity (Wildman–Crippen MR) is 68.3 cm³/mol. The van der Waals surface area contributed by atoms with Crippen molar-refractivity contribution in [1.29, 1.82) is 0 Å². The third kappa shape index (κ3) is 4.52. The van der Waals surface area contributed by atoms with E-state index in [0.717, 1.165) is 26.1 Å². The Morgan fingerprint density at radius 3 is 2.78 bits per heavy atom. The van der Waals surface area contributed by atoms with E-state index in [1.54, 1.807) is 11.8 Å². The molecule has 1 rings (SSSR count). The average molecular weight is 257 g/mol. The number of carbonyl (C=O) groups is 2. The van der Waals surface area contributed by atoms with Gasteiger partial charge in [0.15, 0.2) is 0 Å². The zero-order chi connectivity index (χ0) is 13.5. The van der Waals surface area contributed by atoms with E-state index in [1.165, 1.54) is 0 Å². The van der Waals surface area contributed by atoms with E-state index in [9.17, 15) is 9.59 Å². The van der Waals surface area contributed by atoms with Gasteiger partial charge in [0.25, 0.3) is 0 Å². The third-order valence-electron chi connectivity index (χ3n) is 3.00. The summed E-state index contributed by atoms with van der Waals surface area (Å²) < 4.78 is 4.77. The summed E-state index contributed by atoms with van der Waals surface area (Å²) >= 11 is 0. The predicted octanol–water partition coefficient (Wildman–Crippen LogP) is 0.285. The maximum absolute atomic E-state index is 12.0. The van der Waals surface area contributed by atoms with Gasteiger partial charge in [0, 0.05) is 19.1 Å². The van der Waals surface area contributed by atoms with Crippen LogP contribution in [-0.4, -0.2) is 67.7 Å². The van der Waals surface area contributed by atoms with Crippen LogP contribution in [0.4, 0.5) is 4.79 Å². The fourth-order valence-electron chi connectivity index (χ4n) is 2.14. The Morgan fingerprint density at radius 2 is 2.11 bits per heavy atom. The smallest absolute Gasteiger partial charge is 0.325 e. The number of likely N-dealkylation sites (N-methyl/N-ethyl adjacent to an activating group) is 1. The van der Waals surface area contributed by atoms with Crippen molar-refractivity contribution in [3.63, 3.8) is 0 Å². The number of ether oxygens (including phenoxy) is 1. The summed E-state index contributed by atoms with van der Waals surface area (Å²) in [4.78, 5) is 27.1. The molecule has 0 bridgehead atoms. The molecule has 0 aliphatic carbocycles. The van der Waals surface area contributed by atoms with Crippen LogP contribution < -0.4 is 5.32 Å². The highest BCUT2D eigenvalue weighted by Crippen LogP contribution is 2.08. The second kappa shape index (κ2) is 7.20. The summed E-state index contributed by atoms with van der Waals surface area (Å²) in [6.45, 7) is 6.60. The van der Waals surface area contributed by atoms with Gasteiger partial charge in [-0.15, -0.1) is 0 Å². The maximum atomic E-state index is 12.0. The molecule has 1 unspecified atom stereocenters. The van der Waals surface area contributed by atoms with Crippen LogP contribution >= 0.6 is 0 Å². The van der Waals surface area contributed by atoms with Crippen LogP contribution in [-0.2, 0) is 9.53 Å². The van der Waals surface area contributed by atoms with Crippen LogP contribution in [0.5, 0.6) is 0 Å². The van der Waals surface area contributed by atoms with Crippen molar-refractivity contribution in [1.82, 2.24) is 15.1 Å². The largest absolute Gasteiger partial charge is 0.465 e. The molecule has 0 saturated carbocycles. The Hall–Kier alpha value is -1.30. The number of hydrogen-bond acceptors (Lipinski definition) is 4. The molecule has 6 heteroatoms. The molecule has 18 heavy (non-hydrogen) atoms. The monoisotopic (exact) mass is 257 g/mol. The molecule has 1 saturated heterocycles. The van der Waals surface area contributed by atoms with Crippen LogP contribution in [0, 0.1) is 0 Å². The SMILES string of the molecule is CCOC(=O)CNC(=O)N1CCCN(C)CC1C. The van der Waals surface area contributed by atoms with Gasteiger partial charge >= 0.3 is 12.0 Å². The molecule has 0 aromatic carbocycles. The second-order valence-corrected chi connectivity index (χ2v) is 4.62. The molecule has 0 aromatic heterocycles. The van der Waals surface area contributed by atoms with Crippen LogP contribution in [0.3, 0.4) is 0 Å². The Morgan fingerprint density at radius 1 is 1.39 bits per heavy atom. The fraction of sp³-hybridized carbons (Fsp3) is 0.833. The molecule has 1 N–H and O–H groups in total. The van der Waals surface area contributed by atoms with Gasteiger partial charge in [-0.1, -0.05) is 0 Å². The van der Waals surface area contributed by atoms with Gasteiger partial charge in [0.05, 0.1) is 6.61 Å². The summed E-state index contributed by atoms with van der Waals surface area (Å²) in [5, 5.41) is 2.60. The van der Waals surface area contributed by atoms with Crippen molar-refractivity contribution in [3.8, 4) is 0 Å². The van der Waals surface area contributed by atoms with Crippen LogP contribution in [0.25, 0.3) is 0 Å². The van der Waals surface area contributed by atoms with Crippen molar-refractivity contribution < 1.29 is 14.3 Å². The lowest BCUT2D eigenvalue weighted by atomic mass is 10.3. The molecule has 104 valence electrons. The molecule has 6 nitrogen and oxygen atoms in total. The summed E-state index contributed by atoms with van der Waals surface area (Å²) in [5.41, 5.74) is 0. The Labute approximate surface area is 108 Å². The highest BCUT2D eigenvalue weighted by atomic mass is 16.5. The summed E-state index contributed by atoms with van der Waals surface area (Å²) in [6.07, 6.45) is 0.952. The van der Waals surface area contributed by atoms with Crippen molar-refractivity contribution in [2.24, 2.45) is 0 Å². The first-order valence-corrected chi connectivity index (χ1v) is 6.43.